The Morgan fingerprint density at radius 1 is 1.19 bits per heavy atom. The van der Waals surface area contributed by atoms with Crippen molar-refractivity contribution in [1.82, 2.24) is 20.2 Å². The summed E-state index contributed by atoms with van der Waals surface area (Å²) in [5, 5.41) is 6.65. The van der Waals surface area contributed by atoms with Crippen molar-refractivity contribution in [2.75, 3.05) is 12.3 Å². The second-order valence-electron chi connectivity index (χ2n) is 5.94. The number of halogens is 1. The van der Waals surface area contributed by atoms with Crippen molar-refractivity contribution in [1.29, 1.82) is 0 Å². The van der Waals surface area contributed by atoms with Gasteiger partial charge in [-0.1, -0.05) is 41.9 Å². The summed E-state index contributed by atoms with van der Waals surface area (Å²) in [5.41, 5.74) is 0.984. The molecule has 1 atom stereocenters. The first-order chi connectivity index (χ1) is 13.1. The van der Waals surface area contributed by atoms with Gasteiger partial charge in [0.25, 0.3) is 0 Å². The van der Waals surface area contributed by atoms with Gasteiger partial charge in [-0.3, -0.25) is 0 Å². The molecule has 1 heterocycles. The molecule has 5 nitrogen and oxygen atoms in total. The number of aryl methyl sites for hydroxylation is 1. The van der Waals surface area contributed by atoms with Gasteiger partial charge in [0.05, 0.1) is 0 Å². The highest BCUT2D eigenvalue weighted by molar-refractivity contribution is 7.99. The topological polar surface area (TPSA) is 59.0 Å². The summed E-state index contributed by atoms with van der Waals surface area (Å²) in [6.45, 7) is 0.557. The van der Waals surface area contributed by atoms with Crippen LogP contribution in [-0.4, -0.2) is 27.9 Å². The van der Waals surface area contributed by atoms with Crippen molar-refractivity contribution in [2.45, 2.75) is 10.9 Å². The van der Waals surface area contributed by atoms with E-state index in [4.69, 9.17) is 11.6 Å². The lowest BCUT2D eigenvalue weighted by molar-refractivity contribution is 0.238. The molecular formula is C20H21ClN4OS. The normalized spacial score (nSPS) is 11.8. The van der Waals surface area contributed by atoms with E-state index >= 15 is 0 Å². The van der Waals surface area contributed by atoms with Gasteiger partial charge in [-0.15, -0.1) is 11.8 Å². The van der Waals surface area contributed by atoms with Crippen LogP contribution < -0.4 is 10.6 Å². The molecule has 0 aliphatic carbocycles. The van der Waals surface area contributed by atoms with Gasteiger partial charge in [0.1, 0.15) is 11.9 Å². The largest absolute Gasteiger partial charge is 0.337 e. The number of aromatic nitrogens is 2. The Kier molecular flexibility index (Phi) is 6.79. The van der Waals surface area contributed by atoms with Crippen LogP contribution >= 0.6 is 23.4 Å². The van der Waals surface area contributed by atoms with Crippen molar-refractivity contribution in [2.24, 2.45) is 7.05 Å². The van der Waals surface area contributed by atoms with Crippen LogP contribution in [0.4, 0.5) is 4.79 Å². The number of urea groups is 1. The molecule has 0 radical (unpaired) electrons. The summed E-state index contributed by atoms with van der Waals surface area (Å²) >= 11 is 7.55. The molecular weight excluding hydrogens is 380 g/mol. The lowest BCUT2D eigenvalue weighted by Crippen LogP contribution is -2.40. The predicted molar refractivity (Wildman–Crippen MR) is 110 cm³/mol. The van der Waals surface area contributed by atoms with E-state index < -0.39 is 0 Å². The van der Waals surface area contributed by atoms with Gasteiger partial charge < -0.3 is 15.2 Å². The first-order valence-electron chi connectivity index (χ1n) is 8.58. The third-order valence-corrected chi connectivity index (χ3v) is 5.26. The summed E-state index contributed by atoms with van der Waals surface area (Å²) in [6, 6.07) is 17.0. The Morgan fingerprint density at radius 2 is 1.93 bits per heavy atom. The fraction of sp³-hybridized carbons (Fsp3) is 0.200. The Hall–Kier alpha value is -2.44. The minimum Gasteiger partial charge on any atom is -0.337 e. The number of hydrogen-bond acceptors (Lipinski definition) is 3. The lowest BCUT2D eigenvalue weighted by Gasteiger charge is -2.19. The number of rotatable bonds is 7. The zero-order chi connectivity index (χ0) is 19.1. The second kappa shape index (κ2) is 9.48. The number of imidazole rings is 1. The van der Waals surface area contributed by atoms with Crippen LogP contribution in [0.2, 0.25) is 5.02 Å². The van der Waals surface area contributed by atoms with Crippen molar-refractivity contribution in [3.8, 4) is 0 Å². The molecule has 0 aliphatic heterocycles. The Labute approximate surface area is 168 Å². The number of nitrogens with zero attached hydrogens (tertiary/aromatic N) is 2. The maximum atomic E-state index is 12.4. The molecule has 2 amide bonds. The SMILES string of the molecule is Cn1ccnc1C(NC(=O)NCCSc1ccc(Cl)cc1)c1ccccc1. The van der Waals surface area contributed by atoms with E-state index in [1.54, 1.807) is 18.0 Å². The van der Waals surface area contributed by atoms with Crippen molar-refractivity contribution >= 4 is 29.4 Å². The first kappa shape index (κ1) is 19.3. The molecule has 0 saturated carbocycles. The minimum atomic E-state index is -0.310. The van der Waals surface area contributed by atoms with Gasteiger partial charge in [-0.05, 0) is 29.8 Å². The Bertz CT molecular complexity index is 867. The number of carbonyl (C=O) groups is 1. The van der Waals surface area contributed by atoms with Crippen LogP contribution in [0, 0.1) is 0 Å². The molecule has 0 fully saturated rings. The molecule has 2 N–H and O–H groups in total. The average molecular weight is 401 g/mol. The Morgan fingerprint density at radius 3 is 2.59 bits per heavy atom. The number of carbonyl (C=O) groups excluding carboxylic acids is 1. The summed E-state index contributed by atoms with van der Waals surface area (Å²) in [6.07, 6.45) is 3.60. The number of thioether (sulfide) groups is 1. The molecule has 0 spiro atoms. The first-order valence-corrected chi connectivity index (χ1v) is 9.95. The van der Waals surface area contributed by atoms with E-state index in [0.29, 0.717) is 6.54 Å². The summed E-state index contributed by atoms with van der Waals surface area (Å²) < 4.78 is 1.91. The molecule has 2 aromatic carbocycles. The van der Waals surface area contributed by atoms with E-state index in [1.165, 1.54) is 0 Å². The van der Waals surface area contributed by atoms with Gasteiger partial charge in [-0.25, -0.2) is 9.78 Å². The molecule has 1 unspecified atom stereocenters. The van der Waals surface area contributed by atoms with Gasteiger partial charge >= 0.3 is 6.03 Å². The maximum Gasteiger partial charge on any atom is 0.315 e. The Balaban J connectivity index is 1.55. The van der Waals surface area contributed by atoms with E-state index in [0.717, 1.165) is 27.1 Å². The van der Waals surface area contributed by atoms with Gasteiger partial charge in [-0.2, -0.15) is 0 Å². The highest BCUT2D eigenvalue weighted by Gasteiger charge is 2.20. The van der Waals surface area contributed by atoms with Crippen molar-refractivity contribution in [3.63, 3.8) is 0 Å². The van der Waals surface area contributed by atoms with Gasteiger partial charge in [0.2, 0.25) is 0 Å². The van der Waals surface area contributed by atoms with Crippen molar-refractivity contribution in [3.05, 3.63) is 83.4 Å². The quantitative estimate of drug-likeness (QED) is 0.460. The van der Waals surface area contributed by atoms with E-state index in [9.17, 15) is 4.79 Å². The predicted octanol–water partition coefficient (Wildman–Crippen LogP) is 4.25. The average Bonchev–Trinajstić information content (AvgIpc) is 3.11. The fourth-order valence-electron chi connectivity index (χ4n) is 2.64. The molecule has 27 heavy (non-hydrogen) atoms. The number of amides is 2. The molecule has 1 aromatic heterocycles. The zero-order valence-electron chi connectivity index (χ0n) is 14.9. The third kappa shape index (κ3) is 5.52. The highest BCUT2D eigenvalue weighted by Crippen LogP contribution is 2.21. The molecule has 140 valence electrons. The summed E-state index contributed by atoms with van der Waals surface area (Å²) in [7, 11) is 1.92. The van der Waals surface area contributed by atoms with E-state index in [1.807, 2.05) is 72.4 Å². The molecule has 0 bridgehead atoms. The standard InChI is InChI=1S/C20H21ClN4OS/c1-25-13-11-22-19(25)18(15-5-3-2-4-6-15)24-20(26)23-12-14-27-17-9-7-16(21)8-10-17/h2-11,13,18H,12,14H2,1H3,(H2,23,24,26). The monoisotopic (exact) mass is 400 g/mol. The molecule has 0 saturated heterocycles. The molecule has 0 aliphatic rings. The van der Waals surface area contributed by atoms with E-state index in [-0.39, 0.29) is 12.1 Å². The fourth-order valence-corrected chi connectivity index (χ4v) is 3.54. The number of benzene rings is 2. The summed E-state index contributed by atoms with van der Waals surface area (Å²) in [4.78, 5) is 17.9. The lowest BCUT2D eigenvalue weighted by atomic mass is 10.1. The zero-order valence-corrected chi connectivity index (χ0v) is 16.5. The van der Waals surface area contributed by atoms with Gasteiger partial charge in [0.15, 0.2) is 0 Å². The highest BCUT2D eigenvalue weighted by atomic mass is 35.5. The molecule has 7 heteroatoms. The van der Waals surface area contributed by atoms with Crippen LogP contribution in [0.3, 0.4) is 0 Å². The smallest absolute Gasteiger partial charge is 0.315 e. The van der Waals surface area contributed by atoms with Crippen LogP contribution in [0.25, 0.3) is 0 Å². The van der Waals surface area contributed by atoms with Crippen LogP contribution in [-0.2, 0) is 7.05 Å². The van der Waals surface area contributed by atoms with Crippen molar-refractivity contribution < 1.29 is 4.79 Å². The van der Waals surface area contributed by atoms with Crippen LogP contribution in [0.15, 0.2) is 71.9 Å². The molecule has 3 rings (SSSR count). The minimum absolute atomic E-state index is 0.219. The maximum absolute atomic E-state index is 12.4. The number of hydrogen-bond donors (Lipinski definition) is 2. The van der Waals surface area contributed by atoms with Gasteiger partial charge in [0, 0.05) is 41.7 Å². The molecule has 3 aromatic rings. The summed E-state index contributed by atoms with van der Waals surface area (Å²) in [5.74, 6) is 1.56. The third-order valence-electron chi connectivity index (χ3n) is 3.99. The number of nitrogens with one attached hydrogen (secondary N) is 2. The second-order valence-corrected chi connectivity index (χ2v) is 7.55. The van der Waals surface area contributed by atoms with E-state index in [2.05, 4.69) is 15.6 Å². The van der Waals surface area contributed by atoms with Crippen LogP contribution in [0.5, 0.6) is 0 Å². The van der Waals surface area contributed by atoms with Crippen LogP contribution in [0.1, 0.15) is 17.4 Å².